The zero-order valence-electron chi connectivity index (χ0n) is 13.9. The predicted octanol–water partition coefficient (Wildman–Crippen LogP) is 2.85. The van der Waals surface area contributed by atoms with Gasteiger partial charge in [0.1, 0.15) is 0 Å². The van der Waals surface area contributed by atoms with Gasteiger partial charge in [0.2, 0.25) is 6.04 Å². The Kier molecular flexibility index (Phi) is 4.70. The molecule has 2 heterocycles. The maximum atomic E-state index is 11.1. The van der Waals surface area contributed by atoms with Gasteiger partial charge in [-0.3, -0.25) is 0 Å². The van der Waals surface area contributed by atoms with E-state index in [0.29, 0.717) is 10.6 Å². The molecule has 0 spiro atoms. The summed E-state index contributed by atoms with van der Waals surface area (Å²) in [5.41, 5.74) is 0.965. The minimum atomic E-state index is -1.32. The number of benzene rings is 1. The molecule has 2 aromatic rings. The first-order valence-corrected chi connectivity index (χ1v) is 8.68. The van der Waals surface area contributed by atoms with E-state index in [1.165, 1.54) is 0 Å². The number of aryl methyl sites for hydroxylation is 1. The second kappa shape index (κ2) is 6.64. The molecule has 0 aliphatic carbocycles. The number of pyridine rings is 1. The van der Waals surface area contributed by atoms with E-state index >= 15 is 0 Å². The van der Waals surface area contributed by atoms with Gasteiger partial charge < -0.3 is 23.1 Å². The Bertz CT molecular complexity index is 871. The van der Waals surface area contributed by atoms with Gasteiger partial charge in [0.05, 0.1) is 12.0 Å². The Morgan fingerprint density at radius 2 is 1.96 bits per heavy atom. The summed E-state index contributed by atoms with van der Waals surface area (Å²) in [5.74, 6) is -0.392. The van der Waals surface area contributed by atoms with Crippen LogP contribution in [0, 0.1) is 18.3 Å². The van der Waals surface area contributed by atoms with E-state index in [0.717, 1.165) is 11.3 Å². The molecule has 6 heteroatoms. The first kappa shape index (κ1) is 17.7. The number of allylic oxidation sites excluding steroid dienone is 1. The Labute approximate surface area is 157 Å². The number of halogens is 1. The predicted molar refractivity (Wildman–Crippen MR) is 98.4 cm³/mol. The van der Waals surface area contributed by atoms with Crippen LogP contribution in [-0.4, -0.2) is 10.8 Å². The molecule has 1 aromatic carbocycles. The van der Waals surface area contributed by atoms with Gasteiger partial charge in [0.15, 0.2) is 17.6 Å². The highest BCUT2D eigenvalue weighted by Gasteiger charge is 2.50. The monoisotopic (exact) mass is 371 g/mol. The maximum Gasteiger partial charge on any atom is 0.216 e. The van der Waals surface area contributed by atoms with Crippen molar-refractivity contribution in [3.8, 4) is 6.07 Å². The average Bonchev–Trinajstić information content (AvgIpc) is 2.55. The van der Waals surface area contributed by atoms with Crippen molar-refractivity contribution in [3.63, 3.8) is 0 Å². The minimum Gasteiger partial charge on any atom is -0.762 e. The van der Waals surface area contributed by atoms with Crippen LogP contribution in [0.4, 0.5) is 0 Å². The number of nitrogens with one attached hydrogen (secondary N) is 1. The highest BCUT2D eigenvalue weighted by molar-refractivity contribution is 7.63. The van der Waals surface area contributed by atoms with Crippen molar-refractivity contribution in [1.29, 1.82) is 5.26 Å². The Hall–Kier alpha value is -2.13. The van der Waals surface area contributed by atoms with Crippen molar-refractivity contribution >= 4 is 24.2 Å². The fourth-order valence-electron chi connectivity index (χ4n) is 3.42. The molecular weight excluding hydrogens is 354 g/mol. The summed E-state index contributed by atoms with van der Waals surface area (Å²) in [6.07, 6.45) is 1.91. The normalized spacial score (nSPS) is 26.0. The highest BCUT2D eigenvalue weighted by atomic mass is 35.5. The Morgan fingerprint density at radius 1 is 1.28 bits per heavy atom. The molecule has 2 N–H and O–H groups in total. The number of hydrogen-bond acceptors (Lipinski definition) is 4. The lowest BCUT2D eigenvalue weighted by atomic mass is 9.78. The Balaban J connectivity index is 2.26. The van der Waals surface area contributed by atoms with Crippen LogP contribution in [0.1, 0.15) is 30.1 Å². The van der Waals surface area contributed by atoms with E-state index in [4.69, 9.17) is 24.2 Å². The summed E-state index contributed by atoms with van der Waals surface area (Å²) in [4.78, 5) is 0. The Morgan fingerprint density at radius 3 is 2.56 bits per heavy atom. The van der Waals surface area contributed by atoms with Gasteiger partial charge in [-0.2, -0.15) is 9.83 Å². The first-order valence-electron chi connectivity index (χ1n) is 7.89. The molecule has 0 saturated carbocycles. The molecule has 0 amide bonds. The van der Waals surface area contributed by atoms with Crippen LogP contribution >= 0.6 is 11.6 Å². The SMILES string of the molecule is Cc1cccc[n+]1C1C(c2ccc(Cl)cc2)C(C#N)=C([S-])NC1(C)O. The van der Waals surface area contributed by atoms with Crippen LogP contribution in [0.3, 0.4) is 0 Å². The van der Waals surface area contributed by atoms with Crippen molar-refractivity contribution in [2.75, 3.05) is 0 Å². The molecule has 4 nitrogen and oxygen atoms in total. The fraction of sp³-hybridized carbons (Fsp3) is 0.263. The summed E-state index contributed by atoms with van der Waals surface area (Å²) < 4.78 is 1.98. The molecule has 3 atom stereocenters. The van der Waals surface area contributed by atoms with Crippen LogP contribution < -0.4 is 9.88 Å². The van der Waals surface area contributed by atoms with E-state index in [9.17, 15) is 10.4 Å². The lowest BCUT2D eigenvalue weighted by molar-refractivity contribution is -0.746. The van der Waals surface area contributed by atoms with Crippen molar-refractivity contribution in [3.05, 3.63) is 75.5 Å². The van der Waals surface area contributed by atoms with Crippen molar-refractivity contribution < 1.29 is 9.67 Å². The summed E-state index contributed by atoms with van der Waals surface area (Å²) in [6.45, 7) is 3.65. The second-order valence-corrected chi connectivity index (χ2v) is 7.20. The number of nitriles is 1. The highest BCUT2D eigenvalue weighted by Crippen LogP contribution is 2.42. The molecule has 25 heavy (non-hydrogen) atoms. The number of rotatable bonds is 2. The van der Waals surface area contributed by atoms with Gasteiger partial charge in [-0.15, -0.1) is 0 Å². The third-order valence-electron chi connectivity index (χ3n) is 4.57. The maximum absolute atomic E-state index is 11.1. The molecule has 3 rings (SSSR count). The lowest BCUT2D eigenvalue weighted by Gasteiger charge is -2.43. The molecule has 1 aliphatic heterocycles. The summed E-state index contributed by atoms with van der Waals surface area (Å²) in [5, 5.41) is 24.7. The molecule has 0 bridgehead atoms. The number of hydrogen-bond donors (Lipinski definition) is 2. The number of aromatic nitrogens is 1. The second-order valence-electron chi connectivity index (χ2n) is 6.35. The van der Waals surface area contributed by atoms with Gasteiger partial charge >= 0.3 is 0 Å². The molecule has 0 fully saturated rings. The van der Waals surface area contributed by atoms with E-state index in [2.05, 4.69) is 11.4 Å². The third kappa shape index (κ3) is 3.21. The van der Waals surface area contributed by atoms with Crippen LogP contribution in [0.5, 0.6) is 0 Å². The van der Waals surface area contributed by atoms with E-state index in [1.807, 2.05) is 48.0 Å². The summed E-state index contributed by atoms with van der Waals surface area (Å²) in [7, 11) is 0. The molecule has 1 aliphatic rings. The molecule has 128 valence electrons. The van der Waals surface area contributed by atoms with Gasteiger partial charge in [0.25, 0.3) is 0 Å². The summed E-state index contributed by atoms with van der Waals surface area (Å²) in [6, 6.07) is 14.9. The zero-order valence-corrected chi connectivity index (χ0v) is 15.5. The third-order valence-corrected chi connectivity index (χ3v) is 5.14. The lowest BCUT2D eigenvalue weighted by Crippen LogP contribution is -2.64. The van der Waals surface area contributed by atoms with Gasteiger partial charge in [-0.25, -0.2) is 0 Å². The van der Waals surface area contributed by atoms with Gasteiger partial charge in [-0.1, -0.05) is 34.8 Å². The van der Waals surface area contributed by atoms with Crippen molar-refractivity contribution in [2.24, 2.45) is 0 Å². The molecule has 1 aromatic heterocycles. The smallest absolute Gasteiger partial charge is 0.216 e. The average molecular weight is 372 g/mol. The molecule has 0 radical (unpaired) electrons. The van der Waals surface area contributed by atoms with Crippen LogP contribution in [0.2, 0.25) is 5.02 Å². The van der Waals surface area contributed by atoms with Crippen molar-refractivity contribution in [2.45, 2.75) is 31.5 Å². The van der Waals surface area contributed by atoms with Crippen molar-refractivity contribution in [1.82, 2.24) is 5.32 Å². The topological polar surface area (TPSA) is 59.9 Å². The standard InChI is InChI=1S/C19H18ClN3OS/c1-12-5-3-4-10-23(12)17-16(13-6-8-14(20)9-7-13)15(11-21)18(25)22-19(17,2)24/h3-10,16-17,22,24H,1-2H3. The van der Waals surface area contributed by atoms with E-state index < -0.39 is 17.7 Å². The molecule has 3 unspecified atom stereocenters. The summed E-state index contributed by atoms with van der Waals surface area (Å²) >= 11 is 11.4. The quantitative estimate of drug-likeness (QED) is 0.629. The van der Waals surface area contributed by atoms with Gasteiger partial charge in [0, 0.05) is 29.7 Å². The number of aliphatic hydroxyl groups is 1. The minimum absolute atomic E-state index is 0.276. The largest absolute Gasteiger partial charge is 0.762 e. The molecule has 0 saturated heterocycles. The molecular formula is C19H18ClN3OS. The van der Waals surface area contributed by atoms with E-state index in [-0.39, 0.29) is 5.03 Å². The van der Waals surface area contributed by atoms with Crippen LogP contribution in [0.25, 0.3) is 0 Å². The van der Waals surface area contributed by atoms with Crippen LogP contribution in [-0.2, 0) is 12.6 Å². The zero-order chi connectivity index (χ0) is 18.2. The fourth-order valence-corrected chi connectivity index (χ4v) is 3.92. The number of nitrogens with zero attached hydrogens (tertiary/aromatic N) is 2. The van der Waals surface area contributed by atoms with E-state index in [1.54, 1.807) is 19.1 Å². The van der Waals surface area contributed by atoms with Crippen LogP contribution in [0.15, 0.2) is 59.3 Å². The van der Waals surface area contributed by atoms with Gasteiger partial charge in [-0.05, 0) is 24.6 Å². The first-order chi connectivity index (χ1) is 11.8.